The fourth-order valence-electron chi connectivity index (χ4n) is 2.38. The van der Waals surface area contributed by atoms with Gasteiger partial charge in [0.05, 0.1) is 19.9 Å². The average molecular weight is 350 g/mol. The van der Waals surface area contributed by atoms with Gasteiger partial charge in [-0.25, -0.2) is 5.43 Å². The van der Waals surface area contributed by atoms with Crippen LogP contribution in [-0.2, 0) is 6.54 Å². The van der Waals surface area contributed by atoms with Crippen molar-refractivity contribution in [3.8, 4) is 11.5 Å². The number of hydrogen-bond donors (Lipinski definition) is 2. The SMILES string of the molecule is COc1ccc(O)c(/C=N/NC(=O)c2cccc(Cn3cccn3)c2)c1. The molecule has 0 radical (unpaired) electrons. The molecule has 2 N–H and O–H groups in total. The van der Waals surface area contributed by atoms with Crippen LogP contribution in [0.25, 0.3) is 0 Å². The predicted molar refractivity (Wildman–Crippen MR) is 97.5 cm³/mol. The summed E-state index contributed by atoms with van der Waals surface area (Å²) >= 11 is 0. The number of phenolic OH excluding ortho intramolecular Hbond substituents is 1. The van der Waals surface area contributed by atoms with Crippen LogP contribution in [-0.4, -0.2) is 34.1 Å². The summed E-state index contributed by atoms with van der Waals surface area (Å²) in [5, 5.41) is 17.9. The van der Waals surface area contributed by atoms with E-state index in [0.717, 1.165) is 5.56 Å². The third-order valence-corrected chi connectivity index (χ3v) is 3.70. The molecule has 3 rings (SSSR count). The molecule has 26 heavy (non-hydrogen) atoms. The molecule has 0 unspecified atom stereocenters. The molecule has 0 atom stereocenters. The summed E-state index contributed by atoms with van der Waals surface area (Å²) in [5.41, 5.74) is 4.34. The van der Waals surface area contributed by atoms with E-state index in [1.54, 1.807) is 35.1 Å². The lowest BCUT2D eigenvalue weighted by Gasteiger charge is -2.05. The highest BCUT2D eigenvalue weighted by molar-refractivity contribution is 5.95. The van der Waals surface area contributed by atoms with Crippen LogP contribution in [0.15, 0.2) is 66.0 Å². The number of hydrogen-bond acceptors (Lipinski definition) is 5. The Balaban J connectivity index is 1.66. The number of carbonyl (C=O) groups excluding carboxylic acids is 1. The van der Waals surface area contributed by atoms with Crippen LogP contribution in [0.4, 0.5) is 0 Å². The van der Waals surface area contributed by atoms with Crippen molar-refractivity contribution < 1.29 is 14.6 Å². The summed E-state index contributed by atoms with van der Waals surface area (Å²) in [6, 6.07) is 13.8. The minimum absolute atomic E-state index is 0.0463. The highest BCUT2D eigenvalue weighted by Crippen LogP contribution is 2.20. The molecule has 0 aliphatic carbocycles. The minimum Gasteiger partial charge on any atom is -0.507 e. The molecule has 1 aromatic heterocycles. The number of ether oxygens (including phenoxy) is 1. The van der Waals surface area contributed by atoms with Crippen molar-refractivity contribution in [3.05, 3.63) is 77.6 Å². The van der Waals surface area contributed by atoms with Crippen LogP contribution in [0.5, 0.6) is 11.5 Å². The lowest BCUT2D eigenvalue weighted by atomic mass is 10.1. The highest BCUT2D eigenvalue weighted by atomic mass is 16.5. The topological polar surface area (TPSA) is 88.7 Å². The molecule has 0 aliphatic heterocycles. The Morgan fingerprint density at radius 3 is 2.96 bits per heavy atom. The molecule has 0 saturated carbocycles. The van der Waals surface area contributed by atoms with Gasteiger partial charge in [-0.05, 0) is 42.0 Å². The second-order valence-electron chi connectivity index (χ2n) is 5.53. The quantitative estimate of drug-likeness (QED) is 0.528. The minimum atomic E-state index is -0.342. The molecule has 3 aromatic rings. The van der Waals surface area contributed by atoms with Crippen LogP contribution in [0, 0.1) is 0 Å². The molecule has 0 aliphatic rings. The molecule has 0 fully saturated rings. The molecule has 0 saturated heterocycles. The summed E-state index contributed by atoms with van der Waals surface area (Å²) < 4.78 is 6.87. The van der Waals surface area contributed by atoms with Crippen LogP contribution in [0.1, 0.15) is 21.5 Å². The lowest BCUT2D eigenvalue weighted by molar-refractivity contribution is 0.0955. The van der Waals surface area contributed by atoms with Gasteiger partial charge in [0.2, 0.25) is 0 Å². The van der Waals surface area contributed by atoms with E-state index in [9.17, 15) is 9.90 Å². The second-order valence-corrected chi connectivity index (χ2v) is 5.53. The maximum absolute atomic E-state index is 12.3. The lowest BCUT2D eigenvalue weighted by Crippen LogP contribution is -2.18. The van der Waals surface area contributed by atoms with Crippen LogP contribution in [0.3, 0.4) is 0 Å². The van der Waals surface area contributed by atoms with E-state index in [1.165, 1.54) is 19.4 Å². The van der Waals surface area contributed by atoms with Crippen molar-refractivity contribution in [1.82, 2.24) is 15.2 Å². The van der Waals surface area contributed by atoms with E-state index in [1.807, 2.05) is 24.4 Å². The fourth-order valence-corrected chi connectivity index (χ4v) is 2.38. The van der Waals surface area contributed by atoms with Crippen molar-refractivity contribution in [2.45, 2.75) is 6.54 Å². The third-order valence-electron chi connectivity index (χ3n) is 3.70. The van der Waals surface area contributed by atoms with Crippen molar-refractivity contribution in [2.24, 2.45) is 5.10 Å². The Morgan fingerprint density at radius 2 is 2.19 bits per heavy atom. The van der Waals surface area contributed by atoms with E-state index in [2.05, 4.69) is 15.6 Å². The van der Waals surface area contributed by atoms with Crippen LogP contribution < -0.4 is 10.2 Å². The molecule has 132 valence electrons. The van der Waals surface area contributed by atoms with Gasteiger partial charge in [0.1, 0.15) is 11.5 Å². The maximum Gasteiger partial charge on any atom is 0.271 e. The Kier molecular flexibility index (Phi) is 5.28. The largest absolute Gasteiger partial charge is 0.507 e. The standard InChI is InChI=1S/C19H18N4O3/c1-26-17-6-7-18(24)16(11-17)12-20-22-19(25)15-5-2-4-14(10-15)13-23-9-3-8-21-23/h2-12,24H,13H2,1H3,(H,22,25)/b20-12+. The molecular formula is C19H18N4O3. The van der Waals surface area contributed by atoms with Crippen molar-refractivity contribution in [2.75, 3.05) is 7.11 Å². The van der Waals surface area contributed by atoms with E-state index >= 15 is 0 Å². The number of carbonyl (C=O) groups is 1. The fraction of sp³-hybridized carbons (Fsp3) is 0.105. The number of nitrogens with zero attached hydrogens (tertiary/aromatic N) is 3. The zero-order valence-corrected chi connectivity index (χ0v) is 14.2. The first-order valence-electron chi connectivity index (χ1n) is 7.92. The van der Waals surface area contributed by atoms with Gasteiger partial charge in [0.15, 0.2) is 0 Å². The number of methoxy groups -OCH3 is 1. The number of nitrogens with one attached hydrogen (secondary N) is 1. The molecule has 7 heteroatoms. The molecule has 2 aromatic carbocycles. The smallest absolute Gasteiger partial charge is 0.271 e. The van der Waals surface area contributed by atoms with Crippen molar-refractivity contribution in [3.63, 3.8) is 0 Å². The normalized spacial score (nSPS) is 10.8. The summed E-state index contributed by atoms with van der Waals surface area (Å²) in [4.78, 5) is 12.3. The van der Waals surface area contributed by atoms with Crippen molar-refractivity contribution >= 4 is 12.1 Å². The molecule has 7 nitrogen and oxygen atoms in total. The molecule has 0 spiro atoms. The van der Waals surface area contributed by atoms with Gasteiger partial charge in [-0.1, -0.05) is 12.1 Å². The number of amides is 1. The average Bonchev–Trinajstić information content (AvgIpc) is 3.16. The summed E-state index contributed by atoms with van der Waals surface area (Å²) in [5.74, 6) is 0.290. The first-order chi connectivity index (χ1) is 12.7. The van der Waals surface area contributed by atoms with Gasteiger partial charge >= 0.3 is 0 Å². The Morgan fingerprint density at radius 1 is 1.31 bits per heavy atom. The summed E-state index contributed by atoms with van der Waals surface area (Å²) in [6.07, 6.45) is 4.93. The highest BCUT2D eigenvalue weighted by Gasteiger charge is 2.06. The zero-order valence-electron chi connectivity index (χ0n) is 14.2. The number of phenols is 1. The van der Waals surface area contributed by atoms with E-state index in [0.29, 0.717) is 23.4 Å². The first-order valence-corrected chi connectivity index (χ1v) is 7.92. The van der Waals surface area contributed by atoms with E-state index < -0.39 is 0 Å². The third kappa shape index (κ3) is 4.27. The summed E-state index contributed by atoms with van der Waals surface area (Å²) in [7, 11) is 1.53. The van der Waals surface area contributed by atoms with Crippen molar-refractivity contribution in [1.29, 1.82) is 0 Å². The van der Waals surface area contributed by atoms with Gasteiger partial charge in [-0.3, -0.25) is 9.48 Å². The molecule has 0 bridgehead atoms. The van der Waals surface area contributed by atoms with E-state index in [4.69, 9.17) is 4.74 Å². The number of rotatable bonds is 6. The number of aromatic nitrogens is 2. The van der Waals surface area contributed by atoms with Crippen LogP contribution >= 0.6 is 0 Å². The molecular weight excluding hydrogens is 332 g/mol. The van der Waals surface area contributed by atoms with Crippen LogP contribution in [0.2, 0.25) is 0 Å². The molecule has 1 heterocycles. The van der Waals surface area contributed by atoms with Gasteiger partial charge in [-0.15, -0.1) is 0 Å². The zero-order chi connectivity index (χ0) is 18.4. The van der Waals surface area contributed by atoms with Gasteiger partial charge in [-0.2, -0.15) is 10.2 Å². The predicted octanol–water partition coefficient (Wildman–Crippen LogP) is 2.41. The van der Waals surface area contributed by atoms with Gasteiger partial charge in [0.25, 0.3) is 5.91 Å². The number of hydrazone groups is 1. The van der Waals surface area contributed by atoms with E-state index in [-0.39, 0.29) is 11.7 Å². The number of benzene rings is 2. The summed E-state index contributed by atoms with van der Waals surface area (Å²) in [6.45, 7) is 0.578. The molecule has 1 amide bonds. The Labute approximate surface area is 150 Å². The maximum atomic E-state index is 12.3. The Bertz CT molecular complexity index is 920. The van der Waals surface area contributed by atoms with Gasteiger partial charge < -0.3 is 9.84 Å². The number of aromatic hydroxyl groups is 1. The second kappa shape index (κ2) is 7.98. The first kappa shape index (κ1) is 17.2. The Hall–Kier alpha value is -3.61. The van der Waals surface area contributed by atoms with Gasteiger partial charge in [0, 0.05) is 23.5 Å². The monoisotopic (exact) mass is 350 g/mol.